The van der Waals surface area contributed by atoms with Crippen molar-refractivity contribution in [1.82, 2.24) is 4.90 Å². The summed E-state index contributed by atoms with van der Waals surface area (Å²) in [6, 6.07) is 0.418. The van der Waals surface area contributed by atoms with E-state index >= 15 is 0 Å². The zero-order valence-electron chi connectivity index (χ0n) is 6.49. The van der Waals surface area contributed by atoms with Gasteiger partial charge in [-0.1, -0.05) is 0 Å². The second-order valence-corrected chi connectivity index (χ2v) is 3.18. The van der Waals surface area contributed by atoms with Gasteiger partial charge in [0.15, 0.2) is 0 Å². The van der Waals surface area contributed by atoms with E-state index in [2.05, 4.69) is 4.99 Å². The van der Waals surface area contributed by atoms with Crippen LogP contribution in [-0.4, -0.2) is 36.2 Å². The Hall–Kier alpha value is -0.860. The van der Waals surface area contributed by atoms with E-state index in [1.807, 2.05) is 4.90 Å². The third-order valence-corrected chi connectivity index (χ3v) is 2.43. The van der Waals surface area contributed by atoms with Crippen molar-refractivity contribution >= 4 is 12.1 Å². The van der Waals surface area contributed by atoms with E-state index in [1.54, 1.807) is 0 Å². The predicted molar refractivity (Wildman–Crippen MR) is 42.7 cm³/mol. The molecule has 0 saturated carbocycles. The molecule has 0 spiro atoms. The normalized spacial score (nSPS) is 30.4. The number of fused-ring (bicyclic) bond motifs is 1. The summed E-state index contributed by atoms with van der Waals surface area (Å²) in [6.45, 7) is 1.77. The van der Waals surface area contributed by atoms with Crippen LogP contribution in [0.1, 0.15) is 19.3 Å². The van der Waals surface area contributed by atoms with Crippen LogP contribution in [0.5, 0.6) is 0 Å². The molecular weight excluding hydrogens is 140 g/mol. The fourth-order valence-electron chi connectivity index (χ4n) is 1.81. The van der Waals surface area contributed by atoms with Gasteiger partial charge in [-0.3, -0.25) is 9.79 Å². The predicted octanol–water partition coefficient (Wildman–Crippen LogP) is 0.452. The molecule has 0 aromatic rings. The Morgan fingerprint density at radius 1 is 1.55 bits per heavy atom. The first kappa shape index (κ1) is 6.83. The molecule has 0 radical (unpaired) electrons. The zero-order valence-corrected chi connectivity index (χ0v) is 6.49. The molecule has 0 N–H and O–H groups in total. The lowest BCUT2D eigenvalue weighted by atomic mass is 10.0. The van der Waals surface area contributed by atoms with Crippen LogP contribution in [0.2, 0.25) is 0 Å². The van der Waals surface area contributed by atoms with Crippen molar-refractivity contribution in [3.05, 3.63) is 0 Å². The Balaban J connectivity index is 2.14. The van der Waals surface area contributed by atoms with Gasteiger partial charge in [0.05, 0.1) is 18.8 Å². The minimum absolute atomic E-state index is 0.112. The summed E-state index contributed by atoms with van der Waals surface area (Å²) in [4.78, 5) is 17.2. The number of carbonyl (C=O) groups is 1. The number of aliphatic imine (C=N–C) groups is 1. The third-order valence-electron chi connectivity index (χ3n) is 2.43. The second-order valence-electron chi connectivity index (χ2n) is 3.18. The summed E-state index contributed by atoms with van der Waals surface area (Å²) in [6.07, 6.45) is 5.02. The summed E-state index contributed by atoms with van der Waals surface area (Å²) in [5.74, 6) is 0.112. The van der Waals surface area contributed by atoms with E-state index in [0.717, 1.165) is 25.9 Å². The topological polar surface area (TPSA) is 32.7 Å². The SMILES string of the molecule is O=C1C=NCC2CCCCN12. The van der Waals surface area contributed by atoms with E-state index in [-0.39, 0.29) is 5.91 Å². The van der Waals surface area contributed by atoms with Crippen LogP contribution in [0, 0.1) is 0 Å². The Kier molecular flexibility index (Phi) is 1.64. The number of amides is 1. The summed E-state index contributed by atoms with van der Waals surface area (Å²) in [5.41, 5.74) is 0. The summed E-state index contributed by atoms with van der Waals surface area (Å²) in [7, 11) is 0. The van der Waals surface area contributed by atoms with E-state index in [9.17, 15) is 4.79 Å². The molecule has 0 aromatic heterocycles. The highest BCUT2D eigenvalue weighted by Gasteiger charge is 2.27. The fraction of sp³-hybridized carbons (Fsp3) is 0.750. The molecule has 1 amide bonds. The Morgan fingerprint density at radius 2 is 2.45 bits per heavy atom. The third kappa shape index (κ3) is 1.15. The molecule has 1 unspecified atom stereocenters. The average molecular weight is 152 g/mol. The van der Waals surface area contributed by atoms with E-state index in [4.69, 9.17) is 0 Å². The van der Waals surface area contributed by atoms with Gasteiger partial charge < -0.3 is 4.90 Å². The van der Waals surface area contributed by atoms with Crippen LogP contribution in [-0.2, 0) is 4.79 Å². The quantitative estimate of drug-likeness (QED) is 0.496. The first-order valence-electron chi connectivity index (χ1n) is 4.18. The Morgan fingerprint density at radius 3 is 3.27 bits per heavy atom. The van der Waals surface area contributed by atoms with Gasteiger partial charge >= 0.3 is 0 Å². The maximum Gasteiger partial charge on any atom is 0.264 e. The van der Waals surface area contributed by atoms with Gasteiger partial charge in [-0.25, -0.2) is 0 Å². The fourth-order valence-corrected chi connectivity index (χ4v) is 1.81. The highest BCUT2D eigenvalue weighted by atomic mass is 16.2. The Bertz CT molecular complexity index is 200. The minimum atomic E-state index is 0.112. The number of nitrogens with zero attached hydrogens (tertiary/aromatic N) is 2. The summed E-state index contributed by atoms with van der Waals surface area (Å²) in [5, 5.41) is 0. The van der Waals surface area contributed by atoms with Gasteiger partial charge in [0, 0.05) is 6.54 Å². The van der Waals surface area contributed by atoms with Gasteiger partial charge in [0.2, 0.25) is 0 Å². The van der Waals surface area contributed by atoms with Crippen molar-refractivity contribution < 1.29 is 4.79 Å². The van der Waals surface area contributed by atoms with E-state index in [0.29, 0.717) is 6.04 Å². The number of hydrogen-bond acceptors (Lipinski definition) is 2. The van der Waals surface area contributed by atoms with Crippen LogP contribution in [0.4, 0.5) is 0 Å². The molecule has 1 saturated heterocycles. The van der Waals surface area contributed by atoms with Crippen molar-refractivity contribution in [1.29, 1.82) is 0 Å². The van der Waals surface area contributed by atoms with Crippen molar-refractivity contribution in [2.75, 3.05) is 13.1 Å². The summed E-state index contributed by atoms with van der Waals surface area (Å²) >= 11 is 0. The lowest BCUT2D eigenvalue weighted by molar-refractivity contribution is -0.127. The molecule has 2 rings (SSSR count). The molecule has 2 aliphatic heterocycles. The molecule has 2 heterocycles. The Labute approximate surface area is 66.1 Å². The molecular formula is C8H12N2O. The number of hydrogen-bond donors (Lipinski definition) is 0. The van der Waals surface area contributed by atoms with Crippen molar-refractivity contribution in [2.24, 2.45) is 4.99 Å². The minimum Gasteiger partial charge on any atom is -0.333 e. The first-order valence-corrected chi connectivity index (χ1v) is 4.18. The number of carbonyl (C=O) groups excluding carboxylic acids is 1. The largest absolute Gasteiger partial charge is 0.333 e. The molecule has 1 atom stereocenters. The van der Waals surface area contributed by atoms with Crippen LogP contribution in [0.15, 0.2) is 4.99 Å². The zero-order chi connectivity index (χ0) is 7.68. The van der Waals surface area contributed by atoms with Crippen LogP contribution in [0.25, 0.3) is 0 Å². The molecule has 0 bridgehead atoms. The van der Waals surface area contributed by atoms with Crippen LogP contribution in [0.3, 0.4) is 0 Å². The first-order chi connectivity index (χ1) is 5.38. The average Bonchev–Trinajstić information content (AvgIpc) is 2.06. The molecule has 3 heteroatoms. The van der Waals surface area contributed by atoms with E-state index < -0.39 is 0 Å². The van der Waals surface area contributed by atoms with Crippen LogP contribution < -0.4 is 0 Å². The molecule has 0 aliphatic carbocycles. The van der Waals surface area contributed by atoms with Gasteiger partial charge in [-0.2, -0.15) is 0 Å². The van der Waals surface area contributed by atoms with Gasteiger partial charge in [0.25, 0.3) is 5.91 Å². The summed E-state index contributed by atoms with van der Waals surface area (Å²) < 4.78 is 0. The molecule has 11 heavy (non-hydrogen) atoms. The van der Waals surface area contributed by atoms with Crippen molar-refractivity contribution in [2.45, 2.75) is 25.3 Å². The molecule has 3 nitrogen and oxygen atoms in total. The smallest absolute Gasteiger partial charge is 0.264 e. The van der Waals surface area contributed by atoms with Crippen LogP contribution >= 0.6 is 0 Å². The maximum absolute atomic E-state index is 11.2. The monoisotopic (exact) mass is 152 g/mol. The van der Waals surface area contributed by atoms with Crippen molar-refractivity contribution in [3.8, 4) is 0 Å². The van der Waals surface area contributed by atoms with Gasteiger partial charge in [-0.05, 0) is 19.3 Å². The van der Waals surface area contributed by atoms with Gasteiger partial charge in [0.1, 0.15) is 0 Å². The number of piperidine rings is 1. The lowest BCUT2D eigenvalue weighted by Gasteiger charge is -2.35. The highest BCUT2D eigenvalue weighted by Crippen LogP contribution is 2.18. The lowest BCUT2D eigenvalue weighted by Crippen LogP contribution is -2.48. The molecule has 1 fully saturated rings. The number of rotatable bonds is 0. The van der Waals surface area contributed by atoms with E-state index in [1.165, 1.54) is 12.6 Å². The molecule has 2 aliphatic rings. The van der Waals surface area contributed by atoms with Gasteiger partial charge in [-0.15, -0.1) is 0 Å². The molecule has 0 aromatic carbocycles. The van der Waals surface area contributed by atoms with Crippen molar-refractivity contribution in [3.63, 3.8) is 0 Å². The molecule has 60 valence electrons. The maximum atomic E-state index is 11.2. The standard InChI is InChI=1S/C8H12N2O/c11-8-6-9-5-7-3-1-2-4-10(7)8/h6-7H,1-5H2. The second kappa shape index (κ2) is 2.64. The highest BCUT2D eigenvalue weighted by molar-refractivity contribution is 6.26.